The Hall–Kier alpha value is -1.76. The van der Waals surface area contributed by atoms with Crippen molar-refractivity contribution < 1.29 is 27.4 Å². The van der Waals surface area contributed by atoms with Crippen LogP contribution in [0.5, 0.6) is 5.75 Å². The van der Waals surface area contributed by atoms with E-state index in [-0.39, 0.29) is 18.8 Å². The third-order valence-electron chi connectivity index (χ3n) is 2.65. The highest BCUT2D eigenvalue weighted by Gasteiger charge is 2.31. The van der Waals surface area contributed by atoms with Gasteiger partial charge in [0.15, 0.2) is 0 Å². The highest BCUT2D eigenvalue weighted by Crippen LogP contribution is 2.35. The first kappa shape index (κ1) is 16.3. The van der Waals surface area contributed by atoms with Gasteiger partial charge in [0.1, 0.15) is 5.75 Å². The van der Waals surface area contributed by atoms with Crippen LogP contribution in [-0.4, -0.2) is 19.7 Å². The van der Waals surface area contributed by atoms with Gasteiger partial charge in [-0.2, -0.15) is 13.2 Å². The van der Waals surface area contributed by atoms with Crippen molar-refractivity contribution in [2.75, 3.05) is 13.7 Å². The van der Waals surface area contributed by atoms with Gasteiger partial charge in [-0.1, -0.05) is 6.07 Å². The molecule has 0 saturated carbocycles. The quantitative estimate of drug-likeness (QED) is 0.847. The van der Waals surface area contributed by atoms with E-state index in [1.165, 1.54) is 13.2 Å². The molecule has 0 radical (unpaired) electrons. The van der Waals surface area contributed by atoms with E-state index in [1.807, 2.05) is 0 Å². The predicted molar refractivity (Wildman–Crippen MR) is 66.2 cm³/mol. The Bertz CT molecular complexity index is 474. The van der Waals surface area contributed by atoms with Gasteiger partial charge in [-0.25, -0.2) is 0 Å². The summed E-state index contributed by atoms with van der Waals surface area (Å²) in [6.07, 6.45) is -4.59. The Labute approximate surface area is 114 Å². The minimum absolute atomic E-state index is 0.00313. The molecule has 0 bridgehead atoms. The van der Waals surface area contributed by atoms with Gasteiger partial charge in [0, 0.05) is 11.6 Å². The molecular formula is C13H16F3NO3. The molecule has 7 heteroatoms. The second-order valence-corrected chi connectivity index (χ2v) is 4.07. The lowest BCUT2D eigenvalue weighted by molar-refractivity contribution is -0.143. The van der Waals surface area contributed by atoms with E-state index in [2.05, 4.69) is 0 Å². The number of benzene rings is 1. The van der Waals surface area contributed by atoms with E-state index in [0.717, 1.165) is 12.1 Å². The number of hydrogen-bond donors (Lipinski definition) is 1. The van der Waals surface area contributed by atoms with Gasteiger partial charge in [0.25, 0.3) is 0 Å². The van der Waals surface area contributed by atoms with E-state index >= 15 is 0 Å². The zero-order valence-corrected chi connectivity index (χ0v) is 11.2. The largest absolute Gasteiger partial charge is 0.496 e. The predicted octanol–water partition coefficient (Wildman–Crippen LogP) is 2.67. The van der Waals surface area contributed by atoms with Crippen LogP contribution in [0, 0.1) is 0 Å². The van der Waals surface area contributed by atoms with Crippen LogP contribution in [0.2, 0.25) is 0 Å². The fourth-order valence-electron chi connectivity index (χ4n) is 1.70. The van der Waals surface area contributed by atoms with Crippen molar-refractivity contribution in [3.05, 3.63) is 29.3 Å². The van der Waals surface area contributed by atoms with Crippen molar-refractivity contribution in [1.82, 2.24) is 0 Å². The monoisotopic (exact) mass is 291 g/mol. The molecule has 0 aliphatic carbocycles. The number of nitrogens with two attached hydrogens (primary N) is 1. The molecule has 1 aromatic carbocycles. The molecule has 1 rings (SSSR count). The smallest absolute Gasteiger partial charge is 0.416 e. The maximum absolute atomic E-state index is 12.6. The molecule has 20 heavy (non-hydrogen) atoms. The summed E-state index contributed by atoms with van der Waals surface area (Å²) in [5, 5.41) is 0. The first-order chi connectivity index (χ1) is 9.29. The molecule has 2 N–H and O–H groups in total. The second kappa shape index (κ2) is 6.60. The number of methoxy groups -OCH3 is 1. The zero-order chi connectivity index (χ0) is 15.3. The Kier molecular flexibility index (Phi) is 5.38. The molecular weight excluding hydrogens is 275 g/mol. The second-order valence-electron chi connectivity index (χ2n) is 4.07. The molecule has 0 aliphatic heterocycles. The Morgan fingerprint density at radius 2 is 2.05 bits per heavy atom. The normalized spacial score (nSPS) is 12.9. The Morgan fingerprint density at radius 3 is 2.55 bits per heavy atom. The number of esters is 1. The molecule has 0 fully saturated rings. The average Bonchev–Trinajstić information content (AvgIpc) is 2.37. The number of halogens is 3. The highest BCUT2D eigenvalue weighted by molar-refractivity contribution is 5.70. The minimum atomic E-state index is -4.46. The van der Waals surface area contributed by atoms with Crippen molar-refractivity contribution in [3.63, 3.8) is 0 Å². The SMILES string of the molecule is CCOC(=O)C[C@H](N)c1ccc(C(F)(F)F)cc1OC. The van der Waals surface area contributed by atoms with Crippen LogP contribution in [0.1, 0.15) is 30.5 Å². The molecule has 0 spiro atoms. The number of hydrogen-bond acceptors (Lipinski definition) is 4. The molecule has 0 heterocycles. The van der Waals surface area contributed by atoms with Gasteiger partial charge in [0.05, 0.1) is 25.7 Å². The van der Waals surface area contributed by atoms with Crippen LogP contribution in [0.25, 0.3) is 0 Å². The van der Waals surface area contributed by atoms with E-state index in [4.69, 9.17) is 15.2 Å². The summed E-state index contributed by atoms with van der Waals surface area (Å²) in [6.45, 7) is 1.87. The molecule has 0 amide bonds. The first-order valence-corrected chi connectivity index (χ1v) is 5.96. The molecule has 4 nitrogen and oxygen atoms in total. The minimum Gasteiger partial charge on any atom is -0.496 e. The van der Waals surface area contributed by atoms with Crippen molar-refractivity contribution in [1.29, 1.82) is 0 Å². The Morgan fingerprint density at radius 1 is 1.40 bits per heavy atom. The van der Waals surface area contributed by atoms with Crippen molar-refractivity contribution >= 4 is 5.97 Å². The first-order valence-electron chi connectivity index (χ1n) is 5.96. The summed E-state index contributed by atoms with van der Waals surface area (Å²) in [5.74, 6) is -0.515. The van der Waals surface area contributed by atoms with Crippen molar-refractivity contribution in [2.24, 2.45) is 5.73 Å². The van der Waals surface area contributed by atoms with E-state index < -0.39 is 23.8 Å². The zero-order valence-electron chi connectivity index (χ0n) is 11.2. The molecule has 112 valence electrons. The fourth-order valence-corrected chi connectivity index (χ4v) is 1.70. The third kappa shape index (κ3) is 4.12. The highest BCUT2D eigenvalue weighted by atomic mass is 19.4. The van der Waals surface area contributed by atoms with E-state index in [0.29, 0.717) is 5.56 Å². The van der Waals surface area contributed by atoms with E-state index in [9.17, 15) is 18.0 Å². The molecule has 0 aliphatic rings. The van der Waals surface area contributed by atoms with Crippen LogP contribution < -0.4 is 10.5 Å². The summed E-state index contributed by atoms with van der Waals surface area (Å²) in [5.41, 5.74) is 5.29. The molecule has 0 unspecified atom stereocenters. The maximum atomic E-state index is 12.6. The maximum Gasteiger partial charge on any atom is 0.416 e. The molecule has 1 atom stereocenters. The summed E-state index contributed by atoms with van der Waals surface area (Å²) in [7, 11) is 1.25. The topological polar surface area (TPSA) is 61.5 Å². The third-order valence-corrected chi connectivity index (χ3v) is 2.65. The summed E-state index contributed by atoms with van der Waals surface area (Å²) in [4.78, 5) is 11.3. The summed E-state index contributed by atoms with van der Waals surface area (Å²) < 4.78 is 47.4. The van der Waals surface area contributed by atoms with Gasteiger partial charge in [0.2, 0.25) is 0 Å². The number of ether oxygens (including phenoxy) is 2. The van der Waals surface area contributed by atoms with Crippen molar-refractivity contribution in [2.45, 2.75) is 25.6 Å². The standard InChI is InChI=1S/C13H16F3NO3/c1-3-20-12(18)7-10(17)9-5-4-8(13(14,15)16)6-11(9)19-2/h4-6,10H,3,7,17H2,1-2H3/t10-/m0/s1. The van der Waals surface area contributed by atoms with Crippen LogP contribution in [0.15, 0.2) is 18.2 Å². The fraction of sp³-hybridized carbons (Fsp3) is 0.462. The summed E-state index contributed by atoms with van der Waals surface area (Å²) in [6, 6.07) is 2.20. The lowest BCUT2D eigenvalue weighted by Crippen LogP contribution is -2.18. The number of carbonyl (C=O) groups excluding carboxylic acids is 1. The molecule has 0 aromatic heterocycles. The summed E-state index contributed by atoms with van der Waals surface area (Å²) >= 11 is 0. The lowest BCUT2D eigenvalue weighted by atomic mass is 10.0. The van der Waals surface area contributed by atoms with Gasteiger partial charge < -0.3 is 15.2 Å². The van der Waals surface area contributed by atoms with Gasteiger partial charge in [-0.05, 0) is 19.1 Å². The van der Waals surface area contributed by atoms with Gasteiger partial charge in [-0.15, -0.1) is 0 Å². The van der Waals surface area contributed by atoms with Crippen molar-refractivity contribution in [3.8, 4) is 5.75 Å². The average molecular weight is 291 g/mol. The van der Waals surface area contributed by atoms with E-state index in [1.54, 1.807) is 6.92 Å². The van der Waals surface area contributed by atoms with Crippen LogP contribution in [0.3, 0.4) is 0 Å². The molecule has 1 aromatic rings. The van der Waals surface area contributed by atoms with Crippen LogP contribution in [-0.2, 0) is 15.7 Å². The van der Waals surface area contributed by atoms with Crippen LogP contribution >= 0.6 is 0 Å². The molecule has 0 saturated heterocycles. The number of alkyl halides is 3. The van der Waals surface area contributed by atoms with Crippen LogP contribution in [0.4, 0.5) is 13.2 Å². The van der Waals surface area contributed by atoms with Gasteiger partial charge in [-0.3, -0.25) is 4.79 Å². The lowest BCUT2D eigenvalue weighted by Gasteiger charge is -2.17. The van der Waals surface area contributed by atoms with Gasteiger partial charge >= 0.3 is 12.1 Å². The Balaban J connectivity index is 2.98. The number of carbonyl (C=O) groups is 1. The number of rotatable bonds is 5.